The highest BCUT2D eigenvalue weighted by molar-refractivity contribution is 9.10. The van der Waals surface area contributed by atoms with Gasteiger partial charge in [-0.25, -0.2) is 4.98 Å². The van der Waals surface area contributed by atoms with Gasteiger partial charge < -0.3 is 15.2 Å². The number of benzene rings is 2. The number of carbonyl (C=O) groups is 1. The lowest BCUT2D eigenvalue weighted by Gasteiger charge is -2.37. The maximum Gasteiger partial charge on any atom is 0.417 e. The van der Waals surface area contributed by atoms with Crippen LogP contribution in [0.3, 0.4) is 0 Å². The van der Waals surface area contributed by atoms with Gasteiger partial charge in [0.2, 0.25) is 5.88 Å². The fourth-order valence-corrected chi connectivity index (χ4v) is 4.09. The molecule has 9 heteroatoms. The molecule has 0 saturated carbocycles. The lowest BCUT2D eigenvalue weighted by molar-refractivity contribution is -0.139. The van der Waals surface area contributed by atoms with Gasteiger partial charge in [0, 0.05) is 23.2 Å². The molecule has 1 heterocycles. The van der Waals surface area contributed by atoms with Gasteiger partial charge in [0.25, 0.3) is 5.91 Å². The molecule has 36 heavy (non-hydrogen) atoms. The summed E-state index contributed by atoms with van der Waals surface area (Å²) in [5, 5.41) is 14.7. The van der Waals surface area contributed by atoms with Crippen LogP contribution in [0.25, 0.3) is 0 Å². The van der Waals surface area contributed by atoms with E-state index < -0.39 is 34.9 Å². The molecule has 0 bridgehead atoms. The Morgan fingerprint density at radius 3 is 2.31 bits per heavy atom. The first-order valence-electron chi connectivity index (χ1n) is 11.3. The molecule has 0 aliphatic heterocycles. The second-order valence-electron chi connectivity index (χ2n) is 9.29. The number of halogens is 4. The molecule has 2 aromatic carbocycles. The van der Waals surface area contributed by atoms with E-state index in [0.29, 0.717) is 11.8 Å². The van der Waals surface area contributed by atoms with E-state index in [-0.39, 0.29) is 12.3 Å². The Morgan fingerprint density at radius 1 is 1.08 bits per heavy atom. The highest BCUT2D eigenvalue weighted by Gasteiger charge is 2.40. The van der Waals surface area contributed by atoms with Crippen LogP contribution in [-0.2, 0) is 23.0 Å². The van der Waals surface area contributed by atoms with Gasteiger partial charge in [-0.2, -0.15) is 13.2 Å². The van der Waals surface area contributed by atoms with Crippen LogP contribution in [0.5, 0.6) is 5.88 Å². The fraction of sp³-hybridized carbons (Fsp3) is 0.333. The zero-order valence-electron chi connectivity index (χ0n) is 20.4. The Balaban J connectivity index is 1.82. The molecule has 1 unspecified atom stereocenters. The number of alkyl halides is 3. The Labute approximate surface area is 216 Å². The first-order valence-corrected chi connectivity index (χ1v) is 12.1. The van der Waals surface area contributed by atoms with Crippen molar-refractivity contribution >= 4 is 21.8 Å². The average Bonchev–Trinajstić information content (AvgIpc) is 2.80. The van der Waals surface area contributed by atoms with Gasteiger partial charge in [0.15, 0.2) is 5.60 Å². The van der Waals surface area contributed by atoms with Crippen molar-refractivity contribution in [3.05, 3.63) is 93.6 Å². The van der Waals surface area contributed by atoms with Gasteiger partial charge in [-0.15, -0.1) is 0 Å². The van der Waals surface area contributed by atoms with Crippen molar-refractivity contribution in [3.63, 3.8) is 0 Å². The van der Waals surface area contributed by atoms with Crippen LogP contribution < -0.4 is 10.1 Å². The molecular formula is C27H28BrF3N2O3. The maximum atomic E-state index is 13.2. The number of carbonyl (C=O) groups excluding carboxylic acids is 1. The number of amides is 1. The number of aryl methyl sites for hydroxylation is 1. The topological polar surface area (TPSA) is 71.5 Å². The number of aliphatic hydroxyl groups is 1. The standard InChI is InChI=1S/C27H28BrF3N2O3/c1-17-8-10-19(11-9-17)15-26(35,20-6-5-7-22(28)14-20)18(2)33-24(34)25(3,4)36-23-13-12-21(16-32-23)27(29,30)31/h5-14,16,18,35H,15H2,1-4H3,(H,33,34)/t18-,26?/m0/s1. The molecule has 3 aromatic rings. The van der Waals surface area contributed by atoms with Gasteiger partial charge in [-0.05, 0) is 57.0 Å². The van der Waals surface area contributed by atoms with E-state index in [2.05, 4.69) is 26.2 Å². The van der Waals surface area contributed by atoms with Crippen molar-refractivity contribution in [2.75, 3.05) is 0 Å². The average molecular weight is 565 g/mol. The summed E-state index contributed by atoms with van der Waals surface area (Å²) in [4.78, 5) is 16.9. The first kappa shape index (κ1) is 27.7. The molecule has 192 valence electrons. The summed E-state index contributed by atoms with van der Waals surface area (Å²) in [7, 11) is 0. The molecule has 0 aliphatic carbocycles. The molecule has 2 atom stereocenters. The van der Waals surface area contributed by atoms with Crippen molar-refractivity contribution in [1.29, 1.82) is 0 Å². The van der Waals surface area contributed by atoms with Gasteiger partial charge in [-0.1, -0.05) is 57.9 Å². The summed E-state index contributed by atoms with van der Waals surface area (Å²) in [6.07, 6.45) is -3.64. The van der Waals surface area contributed by atoms with Crippen LogP contribution in [0, 0.1) is 6.92 Å². The zero-order chi connectivity index (χ0) is 26.7. The van der Waals surface area contributed by atoms with E-state index in [9.17, 15) is 23.1 Å². The molecule has 0 spiro atoms. The van der Waals surface area contributed by atoms with Crippen molar-refractivity contribution in [1.82, 2.24) is 10.3 Å². The molecule has 0 saturated heterocycles. The second-order valence-corrected chi connectivity index (χ2v) is 10.2. The van der Waals surface area contributed by atoms with E-state index in [1.54, 1.807) is 25.1 Å². The summed E-state index contributed by atoms with van der Waals surface area (Å²) >= 11 is 3.44. The van der Waals surface area contributed by atoms with Crippen molar-refractivity contribution in [2.45, 2.75) is 57.5 Å². The maximum absolute atomic E-state index is 13.2. The normalized spacial score (nSPS) is 14.6. The number of hydrogen-bond donors (Lipinski definition) is 2. The van der Waals surface area contributed by atoms with E-state index in [1.165, 1.54) is 13.8 Å². The Morgan fingerprint density at radius 2 is 1.75 bits per heavy atom. The molecule has 0 radical (unpaired) electrons. The molecule has 2 N–H and O–H groups in total. The van der Waals surface area contributed by atoms with E-state index in [0.717, 1.165) is 27.7 Å². The molecule has 1 amide bonds. The van der Waals surface area contributed by atoms with E-state index >= 15 is 0 Å². The smallest absolute Gasteiger partial charge is 0.417 e. The largest absolute Gasteiger partial charge is 0.462 e. The predicted octanol–water partition coefficient (Wildman–Crippen LogP) is 5.96. The third-order valence-corrected chi connectivity index (χ3v) is 6.45. The summed E-state index contributed by atoms with van der Waals surface area (Å²) in [6, 6.07) is 16.1. The molecule has 0 aliphatic rings. The third kappa shape index (κ3) is 6.64. The lowest BCUT2D eigenvalue weighted by atomic mass is 9.81. The Kier molecular flexibility index (Phi) is 8.15. The van der Waals surface area contributed by atoms with Crippen molar-refractivity contribution in [3.8, 4) is 5.88 Å². The SMILES string of the molecule is Cc1ccc(CC(O)(c2cccc(Br)c2)[C@H](C)NC(=O)C(C)(C)Oc2ccc(C(F)(F)F)cn2)cc1. The van der Waals surface area contributed by atoms with Crippen LogP contribution in [0.4, 0.5) is 13.2 Å². The zero-order valence-corrected chi connectivity index (χ0v) is 21.9. The van der Waals surface area contributed by atoms with Crippen LogP contribution in [0.15, 0.2) is 71.3 Å². The summed E-state index contributed by atoms with van der Waals surface area (Å²) < 4.78 is 44.8. The van der Waals surface area contributed by atoms with E-state index in [1.807, 2.05) is 37.3 Å². The number of ether oxygens (including phenoxy) is 1. The van der Waals surface area contributed by atoms with Gasteiger partial charge in [0.1, 0.15) is 5.60 Å². The van der Waals surface area contributed by atoms with Gasteiger partial charge >= 0.3 is 6.18 Å². The minimum atomic E-state index is -4.53. The number of pyridine rings is 1. The molecule has 3 rings (SSSR count). The van der Waals surface area contributed by atoms with Gasteiger partial charge in [0.05, 0.1) is 11.6 Å². The molecule has 5 nitrogen and oxygen atoms in total. The van der Waals surface area contributed by atoms with Crippen molar-refractivity contribution < 1.29 is 27.8 Å². The van der Waals surface area contributed by atoms with E-state index in [4.69, 9.17) is 4.74 Å². The first-order chi connectivity index (χ1) is 16.7. The summed E-state index contributed by atoms with van der Waals surface area (Å²) in [5.74, 6) is -0.688. The Bertz CT molecular complexity index is 1200. The lowest BCUT2D eigenvalue weighted by Crippen LogP contribution is -2.56. The third-order valence-electron chi connectivity index (χ3n) is 5.95. The van der Waals surface area contributed by atoms with Crippen LogP contribution in [0.1, 0.15) is 43.0 Å². The van der Waals surface area contributed by atoms with Crippen LogP contribution in [-0.4, -0.2) is 27.6 Å². The number of nitrogens with zero attached hydrogens (tertiary/aromatic N) is 1. The summed E-state index contributed by atoms with van der Waals surface area (Å²) in [6.45, 7) is 6.62. The van der Waals surface area contributed by atoms with Crippen molar-refractivity contribution in [2.24, 2.45) is 0 Å². The Hall–Kier alpha value is -2.91. The summed E-state index contributed by atoms with van der Waals surface area (Å²) in [5.41, 5.74) is -1.30. The monoisotopic (exact) mass is 564 g/mol. The number of rotatable bonds is 8. The second kappa shape index (κ2) is 10.6. The van der Waals surface area contributed by atoms with Crippen LogP contribution >= 0.6 is 15.9 Å². The van der Waals surface area contributed by atoms with Gasteiger partial charge in [-0.3, -0.25) is 4.79 Å². The molecule has 0 fully saturated rings. The quantitative estimate of drug-likeness (QED) is 0.354. The minimum absolute atomic E-state index is 0.127. The number of aromatic nitrogens is 1. The van der Waals surface area contributed by atoms with Crippen LogP contribution in [0.2, 0.25) is 0 Å². The highest BCUT2D eigenvalue weighted by atomic mass is 79.9. The molecular weight excluding hydrogens is 537 g/mol. The molecule has 1 aromatic heterocycles. The number of hydrogen-bond acceptors (Lipinski definition) is 4. The number of nitrogens with one attached hydrogen (secondary N) is 1. The highest BCUT2D eigenvalue weighted by Crippen LogP contribution is 2.33. The predicted molar refractivity (Wildman–Crippen MR) is 134 cm³/mol. The minimum Gasteiger partial charge on any atom is -0.462 e. The fourth-order valence-electron chi connectivity index (χ4n) is 3.69.